The number of rotatable bonds is 2. The summed E-state index contributed by atoms with van der Waals surface area (Å²) >= 11 is 0. The molecule has 4 nitrogen and oxygen atoms in total. The normalized spacial score (nSPS) is 15.3. The van der Waals surface area contributed by atoms with Crippen LogP contribution in [0, 0.1) is 0 Å². The first kappa shape index (κ1) is 12.9. The third-order valence-corrected chi connectivity index (χ3v) is 3.83. The second-order valence-electron chi connectivity index (χ2n) is 5.80. The molecule has 3 rings (SSSR count). The third kappa shape index (κ3) is 1.92. The minimum atomic E-state index is -0.0709. The lowest BCUT2D eigenvalue weighted by atomic mass is 9.72. The van der Waals surface area contributed by atoms with E-state index in [1.807, 2.05) is 13.0 Å². The molecule has 0 amide bonds. The van der Waals surface area contributed by atoms with Crippen molar-refractivity contribution in [2.75, 3.05) is 12.3 Å². The van der Waals surface area contributed by atoms with Crippen LogP contribution in [0.3, 0.4) is 0 Å². The van der Waals surface area contributed by atoms with Crippen molar-refractivity contribution < 1.29 is 4.74 Å². The van der Waals surface area contributed by atoms with Gasteiger partial charge in [-0.1, -0.05) is 13.8 Å². The Labute approximate surface area is 119 Å². The standard InChI is InChI=1S/C16H19N3O/c1-4-20-11-5-6-12-10(7-11)8-16(2,3)13-14(12)18-9-19-15(13)17/h5-7,9H,4,8H2,1-3H3,(H2,17,18,19). The number of nitrogens with two attached hydrogens (primary N) is 1. The van der Waals surface area contributed by atoms with Gasteiger partial charge in [0.25, 0.3) is 0 Å². The smallest absolute Gasteiger partial charge is 0.131 e. The molecule has 1 aliphatic carbocycles. The van der Waals surface area contributed by atoms with Crippen molar-refractivity contribution >= 4 is 5.82 Å². The zero-order valence-corrected chi connectivity index (χ0v) is 12.1. The highest BCUT2D eigenvalue weighted by molar-refractivity contribution is 5.75. The van der Waals surface area contributed by atoms with Crippen LogP contribution >= 0.6 is 0 Å². The number of anilines is 1. The van der Waals surface area contributed by atoms with Crippen LogP contribution in [-0.2, 0) is 11.8 Å². The molecule has 0 bridgehead atoms. The molecule has 0 spiro atoms. The highest BCUT2D eigenvalue weighted by Crippen LogP contribution is 2.44. The van der Waals surface area contributed by atoms with Crippen molar-refractivity contribution in [3.05, 3.63) is 35.7 Å². The molecule has 104 valence electrons. The number of nitrogens with zero attached hydrogens (tertiary/aromatic N) is 2. The largest absolute Gasteiger partial charge is 0.494 e. The molecular weight excluding hydrogens is 250 g/mol. The molecule has 2 aromatic rings. The van der Waals surface area contributed by atoms with Crippen LogP contribution in [0.2, 0.25) is 0 Å². The van der Waals surface area contributed by atoms with Gasteiger partial charge in [-0.2, -0.15) is 0 Å². The Morgan fingerprint density at radius 1 is 1.30 bits per heavy atom. The van der Waals surface area contributed by atoms with E-state index in [2.05, 4.69) is 35.9 Å². The van der Waals surface area contributed by atoms with E-state index in [0.717, 1.165) is 29.0 Å². The van der Waals surface area contributed by atoms with Gasteiger partial charge >= 0.3 is 0 Å². The average molecular weight is 269 g/mol. The highest BCUT2D eigenvalue weighted by Gasteiger charge is 2.34. The highest BCUT2D eigenvalue weighted by atomic mass is 16.5. The molecule has 0 saturated carbocycles. The molecule has 0 unspecified atom stereocenters. The summed E-state index contributed by atoms with van der Waals surface area (Å²) < 4.78 is 5.59. The first-order chi connectivity index (χ1) is 9.53. The molecule has 0 atom stereocenters. The molecule has 2 N–H and O–H groups in total. The number of aromatic nitrogens is 2. The van der Waals surface area contributed by atoms with E-state index in [4.69, 9.17) is 10.5 Å². The molecule has 0 radical (unpaired) electrons. The van der Waals surface area contributed by atoms with Crippen molar-refractivity contribution in [2.45, 2.75) is 32.6 Å². The summed E-state index contributed by atoms with van der Waals surface area (Å²) in [7, 11) is 0. The summed E-state index contributed by atoms with van der Waals surface area (Å²) in [6.45, 7) is 7.03. The molecule has 1 aromatic heterocycles. The topological polar surface area (TPSA) is 61.0 Å². The van der Waals surface area contributed by atoms with Gasteiger partial charge in [0.15, 0.2) is 0 Å². The van der Waals surface area contributed by atoms with Crippen LogP contribution < -0.4 is 10.5 Å². The average Bonchev–Trinajstić information content (AvgIpc) is 2.37. The van der Waals surface area contributed by atoms with Gasteiger partial charge in [0.1, 0.15) is 17.9 Å². The van der Waals surface area contributed by atoms with Gasteiger partial charge in [0.05, 0.1) is 12.3 Å². The number of hydrogen-bond donors (Lipinski definition) is 1. The molecule has 0 fully saturated rings. The molecule has 1 heterocycles. The number of benzene rings is 1. The van der Waals surface area contributed by atoms with Crippen LogP contribution in [0.15, 0.2) is 24.5 Å². The number of fused-ring (bicyclic) bond motifs is 3. The Hall–Kier alpha value is -2.10. The molecule has 4 heteroatoms. The second-order valence-corrected chi connectivity index (χ2v) is 5.80. The number of nitrogen functional groups attached to an aromatic ring is 1. The lowest BCUT2D eigenvalue weighted by molar-refractivity contribution is 0.339. The summed E-state index contributed by atoms with van der Waals surface area (Å²) in [5.74, 6) is 1.49. The monoisotopic (exact) mass is 269 g/mol. The van der Waals surface area contributed by atoms with E-state index in [-0.39, 0.29) is 5.41 Å². The van der Waals surface area contributed by atoms with E-state index in [9.17, 15) is 0 Å². The number of ether oxygens (including phenoxy) is 1. The number of hydrogen-bond acceptors (Lipinski definition) is 4. The van der Waals surface area contributed by atoms with E-state index >= 15 is 0 Å². The van der Waals surface area contributed by atoms with Gasteiger partial charge in [-0.15, -0.1) is 0 Å². The second kappa shape index (κ2) is 4.47. The van der Waals surface area contributed by atoms with Crippen molar-refractivity contribution in [3.63, 3.8) is 0 Å². The van der Waals surface area contributed by atoms with Gasteiger partial charge in [-0.25, -0.2) is 9.97 Å². The van der Waals surface area contributed by atoms with E-state index < -0.39 is 0 Å². The molecule has 20 heavy (non-hydrogen) atoms. The van der Waals surface area contributed by atoms with Crippen LogP contribution in [0.4, 0.5) is 5.82 Å². The maximum atomic E-state index is 6.08. The Morgan fingerprint density at radius 3 is 2.85 bits per heavy atom. The van der Waals surface area contributed by atoms with Crippen LogP contribution in [-0.4, -0.2) is 16.6 Å². The van der Waals surface area contributed by atoms with Gasteiger partial charge < -0.3 is 10.5 Å². The van der Waals surface area contributed by atoms with Crippen LogP contribution in [0.1, 0.15) is 31.9 Å². The Bertz CT molecular complexity index is 665. The fourth-order valence-electron chi connectivity index (χ4n) is 3.04. The van der Waals surface area contributed by atoms with Crippen molar-refractivity contribution in [3.8, 4) is 17.0 Å². The Morgan fingerprint density at radius 2 is 2.10 bits per heavy atom. The minimum absolute atomic E-state index is 0.0709. The zero-order chi connectivity index (χ0) is 14.3. The predicted octanol–water partition coefficient (Wildman–Crippen LogP) is 2.96. The summed E-state index contributed by atoms with van der Waals surface area (Å²) in [5.41, 5.74) is 10.4. The zero-order valence-electron chi connectivity index (χ0n) is 12.1. The lowest BCUT2D eigenvalue weighted by Gasteiger charge is -2.33. The molecule has 0 saturated heterocycles. The maximum Gasteiger partial charge on any atom is 0.131 e. The van der Waals surface area contributed by atoms with Crippen LogP contribution in [0.5, 0.6) is 5.75 Å². The van der Waals surface area contributed by atoms with Crippen molar-refractivity contribution in [2.24, 2.45) is 0 Å². The molecular formula is C16H19N3O. The van der Waals surface area contributed by atoms with Gasteiger partial charge in [0, 0.05) is 11.1 Å². The quantitative estimate of drug-likeness (QED) is 0.910. The molecule has 1 aliphatic rings. The maximum absolute atomic E-state index is 6.08. The van der Waals surface area contributed by atoms with Crippen molar-refractivity contribution in [1.29, 1.82) is 0 Å². The van der Waals surface area contributed by atoms with Gasteiger partial charge in [-0.3, -0.25) is 0 Å². The van der Waals surface area contributed by atoms with E-state index in [0.29, 0.717) is 12.4 Å². The molecule has 0 aliphatic heterocycles. The summed E-state index contributed by atoms with van der Waals surface area (Å²) in [6, 6.07) is 6.17. The first-order valence-corrected chi connectivity index (χ1v) is 6.90. The van der Waals surface area contributed by atoms with Gasteiger partial charge in [0.2, 0.25) is 0 Å². The Balaban J connectivity index is 2.21. The summed E-state index contributed by atoms with van der Waals surface area (Å²) in [5, 5.41) is 0. The summed E-state index contributed by atoms with van der Waals surface area (Å²) in [6.07, 6.45) is 2.45. The Kier molecular flexibility index (Phi) is 2.89. The SMILES string of the molecule is CCOc1ccc2c(c1)CC(C)(C)c1c(N)ncnc1-2. The summed E-state index contributed by atoms with van der Waals surface area (Å²) in [4.78, 5) is 8.61. The van der Waals surface area contributed by atoms with E-state index in [1.165, 1.54) is 11.9 Å². The third-order valence-electron chi connectivity index (χ3n) is 3.83. The van der Waals surface area contributed by atoms with Crippen LogP contribution in [0.25, 0.3) is 11.3 Å². The lowest BCUT2D eigenvalue weighted by Crippen LogP contribution is -2.28. The fraction of sp³-hybridized carbons (Fsp3) is 0.375. The first-order valence-electron chi connectivity index (χ1n) is 6.90. The molecule has 1 aromatic carbocycles. The van der Waals surface area contributed by atoms with Gasteiger partial charge in [-0.05, 0) is 42.5 Å². The van der Waals surface area contributed by atoms with Crippen molar-refractivity contribution in [1.82, 2.24) is 9.97 Å². The predicted molar refractivity (Wildman–Crippen MR) is 79.8 cm³/mol. The van der Waals surface area contributed by atoms with E-state index in [1.54, 1.807) is 0 Å². The fourth-order valence-corrected chi connectivity index (χ4v) is 3.04. The minimum Gasteiger partial charge on any atom is -0.494 e.